The molecule has 4 heteroatoms. The minimum atomic E-state index is -0.120. The van der Waals surface area contributed by atoms with E-state index in [0.717, 1.165) is 19.6 Å². The van der Waals surface area contributed by atoms with Gasteiger partial charge in [0.25, 0.3) is 0 Å². The van der Waals surface area contributed by atoms with E-state index in [1.807, 2.05) is 0 Å². The number of nitrogens with two attached hydrogens (primary N) is 1. The third-order valence-corrected chi connectivity index (χ3v) is 3.92. The van der Waals surface area contributed by atoms with Crippen LogP contribution in [0.1, 0.15) is 18.1 Å². The van der Waals surface area contributed by atoms with Crippen molar-refractivity contribution in [2.45, 2.75) is 19.4 Å². The number of nitrogens with zero attached hydrogens (tertiary/aromatic N) is 3. The third kappa shape index (κ3) is 2.59. The molecule has 0 saturated carbocycles. The van der Waals surface area contributed by atoms with Gasteiger partial charge in [-0.2, -0.15) is 0 Å². The first-order valence-corrected chi connectivity index (χ1v) is 6.73. The van der Waals surface area contributed by atoms with Crippen LogP contribution in [-0.2, 0) is 5.54 Å². The van der Waals surface area contributed by atoms with E-state index in [2.05, 4.69) is 67.0 Å². The molecular weight excluding hydrogens is 236 g/mol. The van der Waals surface area contributed by atoms with Crippen LogP contribution in [-0.4, -0.2) is 49.5 Å². The van der Waals surface area contributed by atoms with Crippen molar-refractivity contribution in [1.82, 2.24) is 9.80 Å². The number of aryl methyl sites for hydroxylation is 1. The molecular formula is C15H24N4. The number of benzene rings is 1. The van der Waals surface area contributed by atoms with Crippen LogP contribution in [0.25, 0.3) is 0 Å². The van der Waals surface area contributed by atoms with Crippen molar-refractivity contribution >= 4 is 5.96 Å². The average molecular weight is 260 g/mol. The van der Waals surface area contributed by atoms with Gasteiger partial charge in [0.05, 0.1) is 12.1 Å². The zero-order valence-electron chi connectivity index (χ0n) is 12.3. The summed E-state index contributed by atoms with van der Waals surface area (Å²) in [7, 11) is 4.16. The summed E-state index contributed by atoms with van der Waals surface area (Å²) < 4.78 is 0. The molecule has 0 saturated heterocycles. The Kier molecular flexibility index (Phi) is 3.80. The second kappa shape index (κ2) is 5.21. The molecule has 0 bridgehead atoms. The van der Waals surface area contributed by atoms with Crippen LogP contribution in [0.5, 0.6) is 0 Å². The van der Waals surface area contributed by atoms with Crippen LogP contribution in [0.4, 0.5) is 0 Å². The smallest absolute Gasteiger partial charge is 0.192 e. The molecule has 1 atom stereocenters. The molecule has 1 aliphatic heterocycles. The molecule has 0 radical (unpaired) electrons. The molecule has 1 aromatic carbocycles. The highest BCUT2D eigenvalue weighted by atomic mass is 15.4. The highest BCUT2D eigenvalue weighted by Crippen LogP contribution is 2.34. The SMILES string of the molecule is Cc1ccccc1C1(C)CN=C(N)N1CCN(C)C. The second-order valence-corrected chi connectivity index (χ2v) is 5.72. The highest BCUT2D eigenvalue weighted by Gasteiger charge is 2.39. The number of rotatable bonds is 4. The summed E-state index contributed by atoms with van der Waals surface area (Å²) in [6, 6.07) is 8.50. The first-order chi connectivity index (χ1) is 8.95. The van der Waals surface area contributed by atoms with E-state index in [-0.39, 0.29) is 5.54 Å². The summed E-state index contributed by atoms with van der Waals surface area (Å²) >= 11 is 0. The normalized spacial score (nSPS) is 23.0. The van der Waals surface area contributed by atoms with Crippen LogP contribution < -0.4 is 5.73 Å². The fourth-order valence-corrected chi connectivity index (χ4v) is 2.73. The Morgan fingerprint density at radius 3 is 2.68 bits per heavy atom. The Hall–Kier alpha value is -1.55. The summed E-state index contributed by atoms with van der Waals surface area (Å²) in [5, 5.41) is 0. The van der Waals surface area contributed by atoms with Gasteiger partial charge < -0.3 is 15.5 Å². The third-order valence-electron chi connectivity index (χ3n) is 3.92. The number of aliphatic imine (C=N–C) groups is 1. The molecule has 1 unspecified atom stereocenters. The van der Waals surface area contributed by atoms with Gasteiger partial charge in [0.1, 0.15) is 0 Å². The molecule has 1 heterocycles. The number of likely N-dealkylation sites (N-methyl/N-ethyl adjacent to an activating group) is 1. The fourth-order valence-electron chi connectivity index (χ4n) is 2.73. The molecule has 1 aliphatic rings. The molecule has 0 amide bonds. The Morgan fingerprint density at radius 1 is 1.37 bits per heavy atom. The molecule has 104 valence electrons. The molecule has 2 N–H and O–H groups in total. The molecule has 19 heavy (non-hydrogen) atoms. The molecule has 4 nitrogen and oxygen atoms in total. The summed E-state index contributed by atoms with van der Waals surface area (Å²) in [5.74, 6) is 0.660. The molecule has 0 aromatic heterocycles. The Bertz CT molecular complexity index is 481. The van der Waals surface area contributed by atoms with E-state index in [1.54, 1.807) is 0 Å². The van der Waals surface area contributed by atoms with Gasteiger partial charge in [-0.1, -0.05) is 24.3 Å². The first-order valence-electron chi connectivity index (χ1n) is 6.73. The van der Waals surface area contributed by atoms with Crippen molar-refractivity contribution in [3.05, 3.63) is 35.4 Å². The highest BCUT2D eigenvalue weighted by molar-refractivity contribution is 5.81. The van der Waals surface area contributed by atoms with Crippen molar-refractivity contribution < 1.29 is 0 Å². The topological polar surface area (TPSA) is 44.9 Å². The van der Waals surface area contributed by atoms with Gasteiger partial charge in [-0.05, 0) is 39.1 Å². The van der Waals surface area contributed by atoms with E-state index in [0.29, 0.717) is 5.96 Å². The van der Waals surface area contributed by atoms with Gasteiger partial charge in [0.2, 0.25) is 0 Å². The van der Waals surface area contributed by atoms with Gasteiger partial charge in [-0.25, -0.2) is 0 Å². The molecule has 0 spiro atoms. The number of guanidine groups is 1. The van der Waals surface area contributed by atoms with Crippen molar-refractivity contribution in [3.63, 3.8) is 0 Å². The molecule has 0 fully saturated rings. The molecule has 2 rings (SSSR count). The molecule has 0 aliphatic carbocycles. The van der Waals surface area contributed by atoms with E-state index in [1.165, 1.54) is 11.1 Å². The Labute approximate surface area is 115 Å². The van der Waals surface area contributed by atoms with Crippen LogP contribution >= 0.6 is 0 Å². The predicted molar refractivity (Wildman–Crippen MR) is 80.3 cm³/mol. The lowest BCUT2D eigenvalue weighted by Crippen LogP contribution is -2.50. The monoisotopic (exact) mass is 260 g/mol. The van der Waals surface area contributed by atoms with Crippen LogP contribution in [0.15, 0.2) is 29.3 Å². The van der Waals surface area contributed by atoms with E-state index in [9.17, 15) is 0 Å². The Morgan fingerprint density at radius 2 is 2.05 bits per heavy atom. The summed E-state index contributed by atoms with van der Waals surface area (Å²) in [4.78, 5) is 8.87. The quantitative estimate of drug-likeness (QED) is 0.890. The maximum atomic E-state index is 6.09. The van der Waals surface area contributed by atoms with E-state index >= 15 is 0 Å². The first kappa shape index (κ1) is 13.9. The zero-order valence-corrected chi connectivity index (χ0v) is 12.3. The van der Waals surface area contributed by atoms with Crippen LogP contribution in [0, 0.1) is 6.92 Å². The van der Waals surface area contributed by atoms with E-state index < -0.39 is 0 Å². The van der Waals surface area contributed by atoms with Gasteiger partial charge >= 0.3 is 0 Å². The maximum absolute atomic E-state index is 6.09. The van der Waals surface area contributed by atoms with Crippen molar-refractivity contribution in [3.8, 4) is 0 Å². The minimum absolute atomic E-state index is 0.120. The van der Waals surface area contributed by atoms with Crippen LogP contribution in [0.2, 0.25) is 0 Å². The van der Waals surface area contributed by atoms with Gasteiger partial charge in [-0.3, -0.25) is 4.99 Å². The van der Waals surface area contributed by atoms with Crippen molar-refractivity contribution in [2.24, 2.45) is 10.7 Å². The zero-order chi connectivity index (χ0) is 14.0. The van der Waals surface area contributed by atoms with Crippen molar-refractivity contribution in [2.75, 3.05) is 33.7 Å². The summed E-state index contributed by atoms with van der Waals surface area (Å²) in [6.07, 6.45) is 0. The van der Waals surface area contributed by atoms with Crippen LogP contribution in [0.3, 0.4) is 0 Å². The molecule has 1 aromatic rings. The predicted octanol–water partition coefficient (Wildman–Crippen LogP) is 1.40. The van der Waals surface area contributed by atoms with E-state index in [4.69, 9.17) is 5.73 Å². The van der Waals surface area contributed by atoms with Gasteiger partial charge in [0.15, 0.2) is 5.96 Å². The summed E-state index contributed by atoms with van der Waals surface area (Å²) in [5.41, 5.74) is 8.58. The maximum Gasteiger partial charge on any atom is 0.192 e. The number of hydrogen-bond donors (Lipinski definition) is 1. The lowest BCUT2D eigenvalue weighted by Gasteiger charge is -2.38. The van der Waals surface area contributed by atoms with Gasteiger partial charge in [-0.15, -0.1) is 0 Å². The standard InChI is InChI=1S/C15H24N4/c1-12-7-5-6-8-13(12)15(2)11-17-14(16)19(15)10-9-18(3)4/h5-8H,9-11H2,1-4H3,(H2,16,17). The lowest BCUT2D eigenvalue weighted by molar-refractivity contribution is 0.204. The largest absolute Gasteiger partial charge is 0.370 e. The number of hydrogen-bond acceptors (Lipinski definition) is 4. The van der Waals surface area contributed by atoms with Crippen molar-refractivity contribution in [1.29, 1.82) is 0 Å². The lowest BCUT2D eigenvalue weighted by atomic mass is 9.88. The Balaban J connectivity index is 2.29. The minimum Gasteiger partial charge on any atom is -0.370 e. The average Bonchev–Trinajstić information content (AvgIpc) is 2.64. The summed E-state index contributed by atoms with van der Waals surface area (Å²) in [6.45, 7) is 6.98. The van der Waals surface area contributed by atoms with Gasteiger partial charge in [0, 0.05) is 13.1 Å². The fraction of sp³-hybridized carbons (Fsp3) is 0.533. The second-order valence-electron chi connectivity index (χ2n) is 5.72.